The molecule has 5 rings (SSSR count). The molecule has 0 unspecified atom stereocenters. The zero-order valence-corrected chi connectivity index (χ0v) is 23.0. The maximum atomic E-state index is 13.9. The van der Waals surface area contributed by atoms with Gasteiger partial charge in [-0.05, 0) is 86.6 Å². The van der Waals surface area contributed by atoms with E-state index in [2.05, 4.69) is 41.0 Å². The van der Waals surface area contributed by atoms with Crippen LogP contribution in [0, 0.1) is 6.92 Å². The number of anilines is 2. The molecule has 0 aliphatic carbocycles. The summed E-state index contributed by atoms with van der Waals surface area (Å²) in [5.74, 6) is -0.413. The first-order valence-corrected chi connectivity index (χ1v) is 13.4. The molecule has 1 N–H and O–H groups in total. The number of aryl methyl sites for hydroxylation is 1. The third-order valence-corrected chi connectivity index (χ3v) is 7.85. The molecule has 37 heavy (non-hydrogen) atoms. The van der Waals surface area contributed by atoms with Gasteiger partial charge in [0.15, 0.2) is 0 Å². The van der Waals surface area contributed by atoms with Gasteiger partial charge in [0.2, 0.25) is 0 Å². The maximum absolute atomic E-state index is 13.9. The van der Waals surface area contributed by atoms with Crippen molar-refractivity contribution >= 4 is 57.7 Å². The van der Waals surface area contributed by atoms with Crippen LogP contribution in [-0.2, 0) is 19.6 Å². The Hall–Kier alpha value is -3.10. The molecule has 0 radical (unpaired) electrons. The molecule has 0 saturated carbocycles. The van der Waals surface area contributed by atoms with E-state index in [9.17, 15) is 9.59 Å². The minimum Gasteiger partial charge on any atom is -0.340 e. The van der Waals surface area contributed by atoms with Crippen molar-refractivity contribution in [3.63, 3.8) is 0 Å². The van der Waals surface area contributed by atoms with Gasteiger partial charge in [0.05, 0.1) is 29.4 Å². The van der Waals surface area contributed by atoms with E-state index in [-0.39, 0.29) is 16.8 Å². The zero-order chi connectivity index (χ0) is 26.3. The van der Waals surface area contributed by atoms with Crippen LogP contribution in [0.4, 0.5) is 11.4 Å². The van der Waals surface area contributed by atoms with Crippen molar-refractivity contribution in [3.05, 3.63) is 103 Å². The monoisotopic (exact) mass is 552 g/mol. The predicted octanol–water partition coefficient (Wildman–Crippen LogP) is 6.69. The molecule has 190 valence electrons. The number of hydrogen-bond acceptors (Lipinski definition) is 4. The van der Waals surface area contributed by atoms with E-state index in [1.165, 1.54) is 11.8 Å². The number of hydrogen-bond donors (Lipinski definition) is 1. The van der Waals surface area contributed by atoms with Gasteiger partial charge < -0.3 is 19.7 Å². The number of halogens is 2. The van der Waals surface area contributed by atoms with Gasteiger partial charge in [0.25, 0.3) is 11.8 Å². The third kappa shape index (κ3) is 5.18. The van der Waals surface area contributed by atoms with Crippen molar-refractivity contribution in [2.45, 2.75) is 26.6 Å². The average Bonchev–Trinajstić information content (AvgIpc) is 3.40. The normalized spacial score (nSPS) is 12.8. The molecule has 2 aromatic carbocycles. The number of nitrogens with one attached hydrogen (secondary N) is 1. The van der Waals surface area contributed by atoms with Crippen molar-refractivity contribution in [2.75, 3.05) is 24.3 Å². The van der Waals surface area contributed by atoms with Gasteiger partial charge in [-0.1, -0.05) is 23.2 Å². The second-order valence-corrected chi connectivity index (χ2v) is 11.2. The molecule has 6 nitrogen and oxygen atoms in total. The van der Waals surface area contributed by atoms with Crippen LogP contribution >= 0.6 is 34.5 Å². The van der Waals surface area contributed by atoms with Crippen LogP contribution in [0.3, 0.4) is 0 Å². The number of carbonyl (C=O) groups excluding carboxylic acids is 2. The summed E-state index contributed by atoms with van der Waals surface area (Å²) >= 11 is 13.8. The van der Waals surface area contributed by atoms with Crippen LogP contribution in [0.5, 0.6) is 0 Å². The Bertz CT molecular complexity index is 1510. The van der Waals surface area contributed by atoms with Crippen molar-refractivity contribution in [3.8, 4) is 0 Å². The number of nitrogens with zero attached hydrogens (tertiary/aromatic N) is 3. The molecule has 0 fully saturated rings. The minimum atomic E-state index is -0.343. The van der Waals surface area contributed by atoms with Crippen molar-refractivity contribution in [1.82, 2.24) is 9.47 Å². The lowest BCUT2D eigenvalue weighted by Gasteiger charge is -2.22. The van der Waals surface area contributed by atoms with E-state index >= 15 is 0 Å². The van der Waals surface area contributed by atoms with Crippen LogP contribution in [0.2, 0.25) is 10.0 Å². The molecule has 2 amide bonds. The Balaban J connectivity index is 1.41. The van der Waals surface area contributed by atoms with Crippen LogP contribution < -0.4 is 10.2 Å². The van der Waals surface area contributed by atoms with Crippen LogP contribution in [0.1, 0.15) is 42.5 Å². The first-order chi connectivity index (χ1) is 17.7. The van der Waals surface area contributed by atoms with Crippen LogP contribution in [0.15, 0.2) is 60.0 Å². The standard InChI is InChI=1S/C28H26Cl2N4O2S/c1-17-12-19(31-27(35)23-8-4-18(29)13-24(23)30)5-9-22(17)28(36)34-15-21-7-6-20(14-32(2)3)33(21)16-26-25(34)10-11-37-26/h4-13H,14-16H2,1-3H3,(H,31,35). The summed E-state index contributed by atoms with van der Waals surface area (Å²) in [6.07, 6.45) is 0. The number of aromatic nitrogens is 1. The first-order valence-electron chi connectivity index (χ1n) is 11.8. The molecule has 4 aromatic rings. The second kappa shape index (κ2) is 10.3. The number of benzene rings is 2. The van der Waals surface area contributed by atoms with Gasteiger partial charge in [-0.25, -0.2) is 0 Å². The second-order valence-electron chi connectivity index (χ2n) is 9.37. The summed E-state index contributed by atoms with van der Waals surface area (Å²) in [4.78, 5) is 31.8. The summed E-state index contributed by atoms with van der Waals surface area (Å²) in [6, 6.07) is 16.3. The molecule has 0 saturated heterocycles. The topological polar surface area (TPSA) is 57.6 Å². The highest BCUT2D eigenvalue weighted by atomic mass is 35.5. The average molecular weight is 554 g/mol. The zero-order valence-electron chi connectivity index (χ0n) is 20.7. The molecule has 1 aliphatic heterocycles. The number of fused-ring (bicyclic) bond motifs is 2. The van der Waals surface area contributed by atoms with Gasteiger partial charge in [0.1, 0.15) is 0 Å². The van der Waals surface area contributed by atoms with Gasteiger partial charge in [-0.15, -0.1) is 11.3 Å². The van der Waals surface area contributed by atoms with Crippen molar-refractivity contribution in [1.29, 1.82) is 0 Å². The lowest BCUT2D eigenvalue weighted by Crippen LogP contribution is -2.31. The van der Waals surface area contributed by atoms with E-state index < -0.39 is 0 Å². The van der Waals surface area contributed by atoms with Crippen molar-refractivity contribution < 1.29 is 9.59 Å². The Kier molecular flexibility index (Phi) is 7.14. The van der Waals surface area contributed by atoms with E-state index in [1.54, 1.807) is 41.7 Å². The Morgan fingerprint density at radius 2 is 1.78 bits per heavy atom. The number of thiophene rings is 1. The fraction of sp³-hybridized carbons (Fsp3) is 0.214. The molecule has 2 aromatic heterocycles. The van der Waals surface area contributed by atoms with Crippen LogP contribution in [-0.4, -0.2) is 35.4 Å². The smallest absolute Gasteiger partial charge is 0.258 e. The minimum absolute atomic E-state index is 0.0698. The lowest BCUT2D eigenvalue weighted by atomic mass is 10.1. The molecule has 0 bridgehead atoms. The Labute approximate surface area is 230 Å². The van der Waals surface area contributed by atoms with Gasteiger partial charge in [-0.2, -0.15) is 0 Å². The predicted molar refractivity (Wildman–Crippen MR) is 151 cm³/mol. The Morgan fingerprint density at radius 1 is 1.00 bits per heavy atom. The summed E-state index contributed by atoms with van der Waals surface area (Å²) in [6.45, 7) is 3.95. The fourth-order valence-corrected chi connectivity index (χ4v) is 5.98. The molecule has 0 spiro atoms. The van der Waals surface area contributed by atoms with E-state index in [0.717, 1.165) is 34.9 Å². The Morgan fingerprint density at radius 3 is 2.51 bits per heavy atom. The third-order valence-electron chi connectivity index (χ3n) is 6.41. The van der Waals surface area contributed by atoms with E-state index in [1.807, 2.05) is 23.3 Å². The molecule has 3 heterocycles. The molecule has 1 aliphatic rings. The number of carbonyl (C=O) groups is 2. The molecular weight excluding hydrogens is 527 g/mol. The molecular formula is C28H26Cl2N4O2S. The first kappa shape index (κ1) is 25.5. The SMILES string of the molecule is Cc1cc(NC(=O)c2ccc(Cl)cc2Cl)ccc1C(=O)N1Cc2ccc(CN(C)C)n2Cc2sccc21. The fourth-order valence-electron chi connectivity index (χ4n) is 4.62. The lowest BCUT2D eigenvalue weighted by molar-refractivity contribution is 0.0983. The van der Waals surface area contributed by atoms with Gasteiger partial charge in [0, 0.05) is 39.1 Å². The highest BCUT2D eigenvalue weighted by Crippen LogP contribution is 2.34. The summed E-state index contributed by atoms with van der Waals surface area (Å²) in [5.41, 5.74) is 5.56. The highest BCUT2D eigenvalue weighted by Gasteiger charge is 2.28. The molecule has 0 atom stereocenters. The summed E-state index contributed by atoms with van der Waals surface area (Å²) in [7, 11) is 4.12. The van der Waals surface area contributed by atoms with E-state index in [4.69, 9.17) is 23.2 Å². The van der Waals surface area contributed by atoms with Crippen molar-refractivity contribution in [2.24, 2.45) is 0 Å². The van der Waals surface area contributed by atoms with Gasteiger partial charge >= 0.3 is 0 Å². The quantitative estimate of drug-likeness (QED) is 0.300. The molecule has 9 heteroatoms. The number of amides is 2. The van der Waals surface area contributed by atoms with Crippen LogP contribution in [0.25, 0.3) is 0 Å². The number of rotatable bonds is 5. The maximum Gasteiger partial charge on any atom is 0.258 e. The summed E-state index contributed by atoms with van der Waals surface area (Å²) < 4.78 is 2.32. The highest BCUT2D eigenvalue weighted by molar-refractivity contribution is 7.10. The summed E-state index contributed by atoms with van der Waals surface area (Å²) in [5, 5.41) is 5.64. The van der Waals surface area contributed by atoms with E-state index in [0.29, 0.717) is 28.4 Å². The largest absolute Gasteiger partial charge is 0.340 e. The van der Waals surface area contributed by atoms with Gasteiger partial charge in [-0.3, -0.25) is 9.59 Å².